The standard InChI is InChI=1S/C13H17NO2/c1-9(4-5-11-3-2-6-16-11)14-12(15)13-7-10(13)8-13/h2-3,6,9-10H,4-5,7-8H2,1H3,(H,14,15). The molecule has 2 saturated carbocycles. The van der Waals surface area contributed by atoms with Gasteiger partial charge < -0.3 is 9.73 Å². The molecule has 2 aliphatic rings. The molecule has 3 heteroatoms. The average Bonchev–Trinajstić information content (AvgIpc) is 3.03. The van der Waals surface area contributed by atoms with Crippen molar-refractivity contribution in [3.63, 3.8) is 0 Å². The maximum atomic E-state index is 11.8. The minimum Gasteiger partial charge on any atom is -0.469 e. The lowest BCUT2D eigenvalue weighted by Gasteiger charge is -2.14. The van der Waals surface area contributed by atoms with E-state index in [4.69, 9.17) is 4.42 Å². The third-order valence-corrected chi connectivity index (χ3v) is 3.92. The van der Waals surface area contributed by atoms with Crippen molar-refractivity contribution in [1.29, 1.82) is 0 Å². The highest BCUT2D eigenvalue weighted by molar-refractivity contribution is 5.90. The van der Waals surface area contributed by atoms with E-state index in [0.29, 0.717) is 0 Å². The molecule has 2 aliphatic carbocycles. The predicted molar refractivity (Wildman–Crippen MR) is 59.8 cm³/mol. The summed E-state index contributed by atoms with van der Waals surface area (Å²) in [5.41, 5.74) is 0.0962. The van der Waals surface area contributed by atoms with Crippen LogP contribution in [-0.2, 0) is 11.2 Å². The van der Waals surface area contributed by atoms with E-state index in [1.165, 1.54) is 0 Å². The Bertz CT molecular complexity index is 390. The van der Waals surface area contributed by atoms with Gasteiger partial charge in [0, 0.05) is 12.5 Å². The second-order valence-corrected chi connectivity index (χ2v) is 5.25. The number of nitrogens with one attached hydrogen (secondary N) is 1. The SMILES string of the molecule is CC(CCc1ccco1)NC(=O)C12CC1C2. The fourth-order valence-electron chi connectivity index (χ4n) is 2.33. The van der Waals surface area contributed by atoms with Crippen LogP contribution in [0.2, 0.25) is 0 Å². The second-order valence-electron chi connectivity index (χ2n) is 5.25. The third kappa shape index (κ3) is 1.64. The molecular formula is C13H17NO2. The van der Waals surface area contributed by atoms with Crippen LogP contribution in [0.15, 0.2) is 22.8 Å². The summed E-state index contributed by atoms with van der Waals surface area (Å²) in [4.78, 5) is 11.8. The van der Waals surface area contributed by atoms with E-state index in [1.807, 2.05) is 12.1 Å². The smallest absolute Gasteiger partial charge is 0.226 e. The zero-order chi connectivity index (χ0) is 11.2. The second kappa shape index (κ2) is 3.37. The van der Waals surface area contributed by atoms with Crippen molar-refractivity contribution in [3.8, 4) is 0 Å². The minimum atomic E-state index is 0.0962. The number of hydrogen-bond acceptors (Lipinski definition) is 2. The van der Waals surface area contributed by atoms with E-state index in [9.17, 15) is 4.79 Å². The van der Waals surface area contributed by atoms with E-state index in [1.54, 1.807) is 6.26 Å². The lowest BCUT2D eigenvalue weighted by Crippen LogP contribution is -2.35. The summed E-state index contributed by atoms with van der Waals surface area (Å²) in [6.45, 7) is 2.07. The Balaban J connectivity index is 1.43. The Hall–Kier alpha value is -1.25. The number of amides is 1. The van der Waals surface area contributed by atoms with Gasteiger partial charge in [0.2, 0.25) is 5.91 Å². The van der Waals surface area contributed by atoms with Crippen LogP contribution in [0.25, 0.3) is 0 Å². The Morgan fingerprint density at radius 1 is 1.69 bits per heavy atom. The summed E-state index contributed by atoms with van der Waals surface area (Å²) in [5.74, 6) is 2.00. The zero-order valence-corrected chi connectivity index (χ0v) is 9.53. The molecular weight excluding hydrogens is 202 g/mol. The van der Waals surface area contributed by atoms with Gasteiger partial charge in [0.15, 0.2) is 0 Å². The van der Waals surface area contributed by atoms with Crippen LogP contribution in [0.4, 0.5) is 0 Å². The molecule has 0 bridgehead atoms. The lowest BCUT2D eigenvalue weighted by molar-refractivity contribution is -0.124. The Morgan fingerprint density at radius 3 is 3.00 bits per heavy atom. The van der Waals surface area contributed by atoms with Gasteiger partial charge in [-0.25, -0.2) is 0 Å². The summed E-state index contributed by atoms with van der Waals surface area (Å²) in [6.07, 6.45) is 5.79. The van der Waals surface area contributed by atoms with Crippen molar-refractivity contribution < 1.29 is 9.21 Å². The number of rotatable bonds is 5. The van der Waals surface area contributed by atoms with Gasteiger partial charge in [-0.3, -0.25) is 4.79 Å². The molecule has 16 heavy (non-hydrogen) atoms. The monoisotopic (exact) mass is 219 g/mol. The normalized spacial score (nSPS) is 31.7. The molecule has 1 atom stereocenters. The summed E-state index contributed by atoms with van der Waals surface area (Å²) in [7, 11) is 0. The molecule has 0 aliphatic heterocycles. The van der Waals surface area contributed by atoms with Gasteiger partial charge in [-0.1, -0.05) is 0 Å². The first-order chi connectivity index (χ1) is 7.71. The molecule has 2 fully saturated rings. The number of carbonyl (C=O) groups excluding carboxylic acids is 1. The van der Waals surface area contributed by atoms with Gasteiger partial charge in [-0.15, -0.1) is 0 Å². The van der Waals surface area contributed by atoms with Gasteiger partial charge in [0.05, 0.1) is 11.7 Å². The molecule has 0 spiro atoms. The lowest BCUT2D eigenvalue weighted by atomic mass is 10.1. The molecule has 1 aromatic rings. The van der Waals surface area contributed by atoms with Crippen LogP contribution in [0, 0.1) is 11.3 Å². The van der Waals surface area contributed by atoms with Crippen molar-refractivity contribution >= 4 is 5.91 Å². The first-order valence-electron chi connectivity index (χ1n) is 6.04. The first kappa shape index (κ1) is 9.94. The fourth-order valence-corrected chi connectivity index (χ4v) is 2.33. The molecule has 1 heterocycles. The molecule has 1 aromatic heterocycles. The Labute approximate surface area is 95.2 Å². The highest BCUT2D eigenvalue weighted by atomic mass is 16.3. The van der Waals surface area contributed by atoms with Crippen molar-refractivity contribution in [2.75, 3.05) is 0 Å². The van der Waals surface area contributed by atoms with E-state index in [-0.39, 0.29) is 17.4 Å². The summed E-state index contributed by atoms with van der Waals surface area (Å²) in [6, 6.07) is 4.12. The number of hydrogen-bond donors (Lipinski definition) is 1. The minimum absolute atomic E-state index is 0.0962. The van der Waals surface area contributed by atoms with Crippen LogP contribution in [0.5, 0.6) is 0 Å². The van der Waals surface area contributed by atoms with Crippen LogP contribution in [-0.4, -0.2) is 11.9 Å². The number of fused-ring (bicyclic) bond motifs is 1. The zero-order valence-electron chi connectivity index (χ0n) is 9.53. The maximum Gasteiger partial charge on any atom is 0.226 e. The molecule has 0 radical (unpaired) electrons. The first-order valence-corrected chi connectivity index (χ1v) is 6.04. The van der Waals surface area contributed by atoms with E-state index >= 15 is 0 Å². The number of carbonyl (C=O) groups is 1. The Kier molecular flexibility index (Phi) is 2.09. The van der Waals surface area contributed by atoms with Crippen molar-refractivity contribution in [3.05, 3.63) is 24.2 Å². The largest absolute Gasteiger partial charge is 0.469 e. The fraction of sp³-hybridized carbons (Fsp3) is 0.615. The van der Waals surface area contributed by atoms with Crippen LogP contribution in [0.3, 0.4) is 0 Å². The third-order valence-electron chi connectivity index (χ3n) is 3.92. The van der Waals surface area contributed by atoms with Crippen molar-refractivity contribution in [2.45, 2.75) is 38.6 Å². The Morgan fingerprint density at radius 2 is 2.44 bits per heavy atom. The molecule has 0 aromatic carbocycles. The molecule has 1 amide bonds. The highest BCUT2D eigenvalue weighted by Gasteiger charge is 2.74. The summed E-state index contributed by atoms with van der Waals surface area (Å²) in [5, 5.41) is 3.11. The van der Waals surface area contributed by atoms with Crippen molar-refractivity contribution in [1.82, 2.24) is 5.32 Å². The van der Waals surface area contributed by atoms with Crippen LogP contribution >= 0.6 is 0 Å². The predicted octanol–water partition coefficient (Wildman–Crippen LogP) is 2.13. The van der Waals surface area contributed by atoms with Crippen LogP contribution in [0.1, 0.15) is 31.9 Å². The highest BCUT2D eigenvalue weighted by Crippen LogP contribution is 2.75. The van der Waals surface area contributed by atoms with Gasteiger partial charge in [-0.05, 0) is 44.2 Å². The van der Waals surface area contributed by atoms with Gasteiger partial charge in [0.1, 0.15) is 5.76 Å². The topological polar surface area (TPSA) is 42.2 Å². The summed E-state index contributed by atoms with van der Waals surface area (Å²) < 4.78 is 5.26. The molecule has 0 saturated heterocycles. The van der Waals surface area contributed by atoms with E-state index in [2.05, 4.69) is 12.2 Å². The molecule has 1 N–H and O–H groups in total. The van der Waals surface area contributed by atoms with Crippen molar-refractivity contribution in [2.24, 2.45) is 11.3 Å². The van der Waals surface area contributed by atoms with E-state index < -0.39 is 0 Å². The molecule has 1 unspecified atom stereocenters. The van der Waals surface area contributed by atoms with Gasteiger partial charge in [0.25, 0.3) is 0 Å². The average molecular weight is 219 g/mol. The molecule has 86 valence electrons. The maximum absolute atomic E-state index is 11.8. The summed E-state index contributed by atoms with van der Waals surface area (Å²) >= 11 is 0. The molecule has 3 nitrogen and oxygen atoms in total. The van der Waals surface area contributed by atoms with Gasteiger partial charge >= 0.3 is 0 Å². The molecule has 3 rings (SSSR count). The quantitative estimate of drug-likeness (QED) is 0.824. The number of aryl methyl sites for hydroxylation is 1. The van der Waals surface area contributed by atoms with Gasteiger partial charge in [-0.2, -0.15) is 0 Å². The van der Waals surface area contributed by atoms with E-state index in [0.717, 1.165) is 37.4 Å². The number of furan rings is 1. The van der Waals surface area contributed by atoms with Crippen LogP contribution < -0.4 is 5.32 Å².